The van der Waals surface area contributed by atoms with Crippen LogP contribution in [0.2, 0.25) is 5.02 Å². The number of carbonyl (C=O) groups is 2. The molecule has 0 saturated carbocycles. The molecule has 0 spiro atoms. The summed E-state index contributed by atoms with van der Waals surface area (Å²) in [5.41, 5.74) is 5.05. The first kappa shape index (κ1) is 25.9. The highest BCUT2D eigenvalue weighted by molar-refractivity contribution is 6.31. The average Bonchev–Trinajstić information content (AvgIpc) is 2.85. The molecule has 0 bridgehead atoms. The Morgan fingerprint density at radius 1 is 1.09 bits per heavy atom. The number of nitrogens with one attached hydrogen (secondary N) is 2. The number of aliphatic hydroxyl groups is 1. The van der Waals surface area contributed by atoms with Crippen LogP contribution in [0.25, 0.3) is 0 Å². The Kier molecular flexibility index (Phi) is 9.37. The lowest BCUT2D eigenvalue weighted by molar-refractivity contribution is 0.0956. The van der Waals surface area contributed by atoms with Crippen LogP contribution in [0.15, 0.2) is 71.8 Å². The zero-order valence-electron chi connectivity index (χ0n) is 19.5. The number of hydrogen-bond donors (Lipinski definition) is 3. The van der Waals surface area contributed by atoms with Crippen molar-refractivity contribution in [1.29, 1.82) is 0 Å². The number of hydrogen-bond acceptors (Lipinski definition) is 6. The van der Waals surface area contributed by atoms with Crippen molar-refractivity contribution in [2.75, 3.05) is 32.6 Å². The Bertz CT molecular complexity index is 1220. The van der Waals surface area contributed by atoms with Crippen LogP contribution in [-0.4, -0.2) is 55.3 Å². The quantitative estimate of drug-likeness (QED) is 0.294. The average molecular weight is 495 g/mol. The Labute approximate surface area is 209 Å². The van der Waals surface area contributed by atoms with Crippen LogP contribution in [0.1, 0.15) is 31.8 Å². The van der Waals surface area contributed by atoms with Gasteiger partial charge in [-0.25, -0.2) is 5.43 Å². The first-order chi connectivity index (χ1) is 16.9. The van der Waals surface area contributed by atoms with Crippen molar-refractivity contribution >= 4 is 35.3 Å². The molecule has 8 nitrogen and oxygen atoms in total. The zero-order chi connectivity index (χ0) is 25.2. The fourth-order valence-electron chi connectivity index (χ4n) is 3.33. The van der Waals surface area contributed by atoms with Gasteiger partial charge in [0.25, 0.3) is 11.8 Å². The van der Waals surface area contributed by atoms with Crippen LogP contribution in [0, 0.1) is 0 Å². The van der Waals surface area contributed by atoms with Crippen LogP contribution in [0.5, 0.6) is 5.75 Å². The molecule has 0 aliphatic heterocycles. The second-order valence-corrected chi connectivity index (χ2v) is 8.22. The lowest BCUT2D eigenvalue weighted by Gasteiger charge is -2.16. The number of carbonyl (C=O) groups excluding carboxylic acids is 2. The number of halogens is 1. The summed E-state index contributed by atoms with van der Waals surface area (Å²) in [4.78, 5) is 27.7. The summed E-state index contributed by atoms with van der Waals surface area (Å²) in [5.74, 6) is -0.224. The molecular weight excluding hydrogens is 468 g/mol. The number of hydrazone groups is 1. The molecule has 3 rings (SSSR count). The number of methoxy groups -OCH3 is 1. The predicted octanol–water partition coefficient (Wildman–Crippen LogP) is 3.79. The van der Waals surface area contributed by atoms with E-state index in [4.69, 9.17) is 21.4 Å². The molecule has 0 atom stereocenters. The minimum atomic E-state index is -0.527. The predicted molar refractivity (Wildman–Crippen MR) is 137 cm³/mol. The van der Waals surface area contributed by atoms with Crippen LogP contribution in [0.3, 0.4) is 0 Å². The minimum absolute atomic E-state index is 0.0572. The van der Waals surface area contributed by atoms with Gasteiger partial charge in [0.2, 0.25) is 0 Å². The largest absolute Gasteiger partial charge is 0.497 e. The van der Waals surface area contributed by atoms with Crippen LogP contribution < -0.4 is 15.5 Å². The third kappa shape index (κ3) is 7.65. The monoisotopic (exact) mass is 494 g/mol. The van der Waals surface area contributed by atoms with Gasteiger partial charge in [-0.2, -0.15) is 5.10 Å². The van der Waals surface area contributed by atoms with Crippen molar-refractivity contribution in [1.82, 2.24) is 10.3 Å². The Morgan fingerprint density at radius 2 is 1.89 bits per heavy atom. The summed E-state index contributed by atoms with van der Waals surface area (Å²) >= 11 is 6.11. The van der Waals surface area contributed by atoms with Crippen molar-refractivity contribution in [3.05, 3.63) is 94.0 Å². The molecule has 182 valence electrons. The van der Waals surface area contributed by atoms with Crippen LogP contribution in [0.4, 0.5) is 5.69 Å². The third-order valence-corrected chi connectivity index (χ3v) is 5.31. The van der Waals surface area contributed by atoms with E-state index in [-0.39, 0.29) is 18.1 Å². The highest BCUT2D eigenvalue weighted by Crippen LogP contribution is 2.22. The molecule has 3 N–H and O–H groups in total. The molecule has 0 aromatic heterocycles. The summed E-state index contributed by atoms with van der Waals surface area (Å²) in [6, 6.07) is 19.0. The highest BCUT2D eigenvalue weighted by atomic mass is 35.5. The second-order valence-electron chi connectivity index (χ2n) is 7.78. The standard InChI is InChI=1S/C26H27ClN4O4/c1-31(11-12-32)17-19-6-3-7-20(13-19)25(33)29-24-10-9-21(27)15-23(24)26(34)30-28-16-18-5-4-8-22(14-18)35-2/h3-10,13-16,32H,11-12,17H2,1-2H3,(H,29,33)(H,30,34). The summed E-state index contributed by atoms with van der Waals surface area (Å²) in [5, 5.41) is 16.2. The molecule has 2 amide bonds. The zero-order valence-corrected chi connectivity index (χ0v) is 20.2. The Hall–Kier alpha value is -3.72. The molecule has 3 aromatic carbocycles. The van der Waals surface area contributed by atoms with Crippen molar-refractivity contribution in [3.8, 4) is 5.75 Å². The van der Waals surface area contributed by atoms with Gasteiger partial charge in [0.05, 0.1) is 31.2 Å². The molecular formula is C26H27ClN4O4. The topological polar surface area (TPSA) is 103 Å². The molecule has 0 radical (unpaired) electrons. The molecule has 0 fully saturated rings. The number of benzene rings is 3. The van der Waals surface area contributed by atoms with Crippen LogP contribution in [-0.2, 0) is 6.54 Å². The minimum Gasteiger partial charge on any atom is -0.497 e. The van der Waals surface area contributed by atoms with E-state index < -0.39 is 5.91 Å². The SMILES string of the molecule is COc1cccc(C=NNC(=O)c2cc(Cl)ccc2NC(=O)c2cccc(CN(C)CCO)c2)c1. The second kappa shape index (κ2) is 12.7. The van der Waals surface area contributed by atoms with Gasteiger partial charge in [0, 0.05) is 23.7 Å². The number of ether oxygens (including phenoxy) is 1. The van der Waals surface area contributed by atoms with E-state index in [1.165, 1.54) is 12.3 Å². The number of aliphatic hydroxyl groups excluding tert-OH is 1. The molecule has 9 heteroatoms. The lowest BCUT2D eigenvalue weighted by Crippen LogP contribution is -2.22. The molecule has 35 heavy (non-hydrogen) atoms. The Balaban J connectivity index is 1.72. The number of rotatable bonds is 10. The van der Waals surface area contributed by atoms with Crippen LogP contribution >= 0.6 is 11.6 Å². The number of anilines is 1. The van der Waals surface area contributed by atoms with Crippen molar-refractivity contribution in [3.63, 3.8) is 0 Å². The van der Waals surface area contributed by atoms with Crippen molar-refractivity contribution in [2.45, 2.75) is 6.54 Å². The summed E-state index contributed by atoms with van der Waals surface area (Å²) in [7, 11) is 3.46. The van der Waals surface area contributed by atoms with Gasteiger partial charge < -0.3 is 15.2 Å². The van der Waals surface area contributed by atoms with E-state index in [0.29, 0.717) is 35.1 Å². The van der Waals surface area contributed by atoms with E-state index in [9.17, 15) is 9.59 Å². The fraction of sp³-hybridized carbons (Fsp3) is 0.192. The normalized spacial score (nSPS) is 11.0. The molecule has 0 heterocycles. The lowest BCUT2D eigenvalue weighted by atomic mass is 10.1. The third-order valence-electron chi connectivity index (χ3n) is 5.07. The first-order valence-corrected chi connectivity index (χ1v) is 11.2. The molecule has 0 aliphatic rings. The van der Waals surface area contributed by atoms with Crippen molar-refractivity contribution in [2.24, 2.45) is 5.10 Å². The summed E-state index contributed by atoms with van der Waals surface area (Å²) in [6.07, 6.45) is 1.49. The number of likely N-dealkylation sites (N-methyl/N-ethyl adjacent to an activating group) is 1. The van der Waals surface area contributed by atoms with E-state index in [1.807, 2.05) is 30.1 Å². The summed E-state index contributed by atoms with van der Waals surface area (Å²) < 4.78 is 5.17. The maximum absolute atomic E-state index is 12.9. The number of amides is 2. The number of nitrogens with zero attached hydrogens (tertiary/aromatic N) is 2. The molecule has 3 aromatic rings. The molecule has 0 saturated heterocycles. The van der Waals surface area contributed by atoms with E-state index in [0.717, 1.165) is 11.1 Å². The molecule has 0 aliphatic carbocycles. The first-order valence-electron chi connectivity index (χ1n) is 10.9. The van der Waals surface area contributed by atoms with E-state index >= 15 is 0 Å². The van der Waals surface area contributed by atoms with Gasteiger partial charge in [0.1, 0.15) is 5.75 Å². The van der Waals surface area contributed by atoms with E-state index in [2.05, 4.69) is 15.8 Å². The highest BCUT2D eigenvalue weighted by Gasteiger charge is 2.15. The van der Waals surface area contributed by atoms with Gasteiger partial charge in [-0.15, -0.1) is 0 Å². The van der Waals surface area contributed by atoms with Gasteiger partial charge in [0.15, 0.2) is 0 Å². The van der Waals surface area contributed by atoms with Gasteiger partial charge in [-0.1, -0.05) is 35.9 Å². The fourth-order valence-corrected chi connectivity index (χ4v) is 3.50. The smallest absolute Gasteiger partial charge is 0.273 e. The van der Waals surface area contributed by atoms with Gasteiger partial charge in [-0.05, 0) is 60.6 Å². The van der Waals surface area contributed by atoms with E-state index in [1.54, 1.807) is 49.6 Å². The molecule has 0 unspecified atom stereocenters. The Morgan fingerprint density at radius 3 is 2.66 bits per heavy atom. The maximum atomic E-state index is 12.9. The summed E-state index contributed by atoms with van der Waals surface area (Å²) in [6.45, 7) is 1.17. The maximum Gasteiger partial charge on any atom is 0.273 e. The van der Waals surface area contributed by atoms with Gasteiger partial charge in [-0.3, -0.25) is 14.5 Å². The van der Waals surface area contributed by atoms with Crippen molar-refractivity contribution < 1.29 is 19.4 Å². The van der Waals surface area contributed by atoms with Gasteiger partial charge >= 0.3 is 0 Å².